The number of nitriles is 1. The Hall–Kier alpha value is -1.75. The lowest BCUT2D eigenvalue weighted by atomic mass is 10.2. The van der Waals surface area contributed by atoms with E-state index in [1.54, 1.807) is 0 Å². The molecule has 0 fully saturated rings. The van der Waals surface area contributed by atoms with Crippen LogP contribution >= 0.6 is 0 Å². The molecule has 0 atom stereocenters. The first-order chi connectivity index (χ1) is 6.22. The lowest BCUT2D eigenvalue weighted by molar-refractivity contribution is 0.946. The summed E-state index contributed by atoms with van der Waals surface area (Å²) in [6.07, 6.45) is 0. The number of aryl methyl sites for hydroxylation is 2. The predicted octanol–water partition coefficient (Wildman–Crippen LogP) is 2.36. The van der Waals surface area contributed by atoms with E-state index < -0.39 is 0 Å². The second kappa shape index (κ2) is 2.63. The van der Waals surface area contributed by atoms with Gasteiger partial charge in [-0.3, -0.25) is 0 Å². The molecular formula is C11H10N2. The van der Waals surface area contributed by atoms with E-state index in [0.29, 0.717) is 5.69 Å². The normalized spacial score (nSPS) is 10.2. The minimum absolute atomic E-state index is 0.709. The molecule has 0 spiro atoms. The molecular weight excluding hydrogens is 160 g/mol. The number of fused-ring (bicyclic) bond motifs is 1. The summed E-state index contributed by atoms with van der Waals surface area (Å²) in [4.78, 5) is 0. The second-order valence-corrected chi connectivity index (χ2v) is 3.26. The van der Waals surface area contributed by atoms with E-state index in [-0.39, 0.29) is 0 Å². The monoisotopic (exact) mass is 170 g/mol. The van der Waals surface area contributed by atoms with E-state index in [1.165, 1.54) is 5.56 Å². The van der Waals surface area contributed by atoms with Crippen LogP contribution in [0.2, 0.25) is 0 Å². The summed E-state index contributed by atoms with van der Waals surface area (Å²) >= 11 is 0. The van der Waals surface area contributed by atoms with Crippen molar-refractivity contribution in [2.45, 2.75) is 6.92 Å². The van der Waals surface area contributed by atoms with Crippen LogP contribution in [0, 0.1) is 18.3 Å². The van der Waals surface area contributed by atoms with Gasteiger partial charge in [0.2, 0.25) is 0 Å². The molecule has 0 N–H and O–H groups in total. The fourth-order valence-electron chi connectivity index (χ4n) is 1.55. The van der Waals surface area contributed by atoms with Gasteiger partial charge in [-0.2, -0.15) is 5.26 Å². The van der Waals surface area contributed by atoms with E-state index in [4.69, 9.17) is 5.26 Å². The summed E-state index contributed by atoms with van der Waals surface area (Å²) in [5.41, 5.74) is 3.05. The third-order valence-corrected chi connectivity index (χ3v) is 2.32. The van der Waals surface area contributed by atoms with E-state index >= 15 is 0 Å². The molecule has 0 radical (unpaired) electrons. The molecule has 1 heterocycles. The third-order valence-electron chi connectivity index (χ3n) is 2.32. The lowest BCUT2D eigenvalue weighted by Crippen LogP contribution is -1.90. The number of benzene rings is 1. The van der Waals surface area contributed by atoms with Crippen LogP contribution in [-0.2, 0) is 7.05 Å². The summed E-state index contributed by atoms with van der Waals surface area (Å²) in [6, 6.07) is 10.3. The summed E-state index contributed by atoms with van der Waals surface area (Å²) in [6.45, 7) is 2.05. The molecule has 0 aliphatic carbocycles. The number of hydrogen-bond donors (Lipinski definition) is 0. The Kier molecular flexibility index (Phi) is 1.60. The first kappa shape index (κ1) is 7.88. The molecule has 0 aliphatic rings. The molecule has 0 amide bonds. The highest BCUT2D eigenvalue weighted by atomic mass is 14.9. The third kappa shape index (κ3) is 1.09. The quantitative estimate of drug-likeness (QED) is 0.596. The average molecular weight is 170 g/mol. The predicted molar refractivity (Wildman–Crippen MR) is 52.4 cm³/mol. The van der Waals surface area contributed by atoms with Gasteiger partial charge in [-0.15, -0.1) is 0 Å². The highest BCUT2D eigenvalue weighted by Crippen LogP contribution is 2.19. The molecule has 2 aromatic rings. The molecule has 0 saturated heterocycles. The molecule has 1 aromatic carbocycles. The van der Waals surface area contributed by atoms with Crippen molar-refractivity contribution in [3.05, 3.63) is 35.5 Å². The minimum atomic E-state index is 0.709. The maximum absolute atomic E-state index is 8.82. The molecule has 0 saturated carbocycles. The fraction of sp³-hybridized carbons (Fsp3) is 0.182. The van der Waals surface area contributed by atoms with Crippen molar-refractivity contribution in [3.63, 3.8) is 0 Å². The van der Waals surface area contributed by atoms with Crippen molar-refractivity contribution < 1.29 is 0 Å². The Morgan fingerprint density at radius 3 is 2.77 bits per heavy atom. The number of rotatable bonds is 0. The van der Waals surface area contributed by atoms with Crippen molar-refractivity contribution in [1.82, 2.24) is 4.57 Å². The lowest BCUT2D eigenvalue weighted by Gasteiger charge is -1.97. The molecule has 2 heteroatoms. The van der Waals surface area contributed by atoms with Crippen LogP contribution in [-0.4, -0.2) is 4.57 Å². The van der Waals surface area contributed by atoms with Gasteiger partial charge in [0.25, 0.3) is 0 Å². The zero-order chi connectivity index (χ0) is 9.42. The number of nitrogens with zero attached hydrogens (tertiary/aromatic N) is 2. The van der Waals surface area contributed by atoms with Gasteiger partial charge in [0.1, 0.15) is 11.8 Å². The fourth-order valence-corrected chi connectivity index (χ4v) is 1.55. The molecule has 0 unspecified atom stereocenters. The Balaban J connectivity index is 2.87. The smallest absolute Gasteiger partial charge is 0.121 e. The van der Waals surface area contributed by atoms with Gasteiger partial charge >= 0.3 is 0 Å². The highest BCUT2D eigenvalue weighted by Gasteiger charge is 2.03. The Labute approximate surface area is 77.0 Å². The molecule has 1 aromatic heterocycles. The van der Waals surface area contributed by atoms with Crippen molar-refractivity contribution >= 4 is 10.9 Å². The SMILES string of the molecule is Cc1ccc2cc(C#N)n(C)c2c1. The second-order valence-electron chi connectivity index (χ2n) is 3.26. The van der Waals surface area contributed by atoms with Crippen LogP contribution in [0.5, 0.6) is 0 Å². The molecule has 0 bridgehead atoms. The van der Waals surface area contributed by atoms with Crippen LogP contribution in [0.3, 0.4) is 0 Å². The van der Waals surface area contributed by atoms with Gasteiger partial charge in [-0.05, 0) is 24.6 Å². The van der Waals surface area contributed by atoms with E-state index in [2.05, 4.69) is 25.1 Å². The van der Waals surface area contributed by atoms with E-state index in [9.17, 15) is 0 Å². The van der Waals surface area contributed by atoms with Crippen molar-refractivity contribution in [2.75, 3.05) is 0 Å². The van der Waals surface area contributed by atoms with Gasteiger partial charge < -0.3 is 4.57 Å². The summed E-state index contributed by atoms with van der Waals surface area (Å²) < 4.78 is 1.92. The van der Waals surface area contributed by atoms with Gasteiger partial charge in [-0.1, -0.05) is 12.1 Å². The van der Waals surface area contributed by atoms with Gasteiger partial charge in [0.05, 0.1) is 0 Å². The Morgan fingerprint density at radius 1 is 1.31 bits per heavy atom. The molecule has 2 rings (SSSR count). The van der Waals surface area contributed by atoms with Gasteiger partial charge in [-0.25, -0.2) is 0 Å². The van der Waals surface area contributed by atoms with Crippen molar-refractivity contribution in [2.24, 2.45) is 7.05 Å². The first-order valence-electron chi connectivity index (χ1n) is 4.18. The van der Waals surface area contributed by atoms with E-state index in [1.807, 2.05) is 23.7 Å². The van der Waals surface area contributed by atoms with Crippen molar-refractivity contribution in [3.8, 4) is 6.07 Å². The van der Waals surface area contributed by atoms with Crippen LogP contribution < -0.4 is 0 Å². The zero-order valence-corrected chi connectivity index (χ0v) is 7.70. The zero-order valence-electron chi connectivity index (χ0n) is 7.70. The summed E-state index contributed by atoms with van der Waals surface area (Å²) in [5, 5.41) is 9.95. The standard InChI is InChI=1S/C11H10N2/c1-8-3-4-9-6-10(7-12)13(2)11(9)5-8/h3-6H,1-2H3. The summed E-state index contributed by atoms with van der Waals surface area (Å²) in [7, 11) is 1.92. The van der Waals surface area contributed by atoms with Crippen LogP contribution in [0.25, 0.3) is 10.9 Å². The van der Waals surface area contributed by atoms with Crippen LogP contribution in [0.1, 0.15) is 11.3 Å². The highest BCUT2D eigenvalue weighted by molar-refractivity contribution is 5.82. The molecule has 0 aliphatic heterocycles. The largest absolute Gasteiger partial charge is 0.335 e. The molecule has 64 valence electrons. The van der Waals surface area contributed by atoms with Gasteiger partial charge in [0.15, 0.2) is 0 Å². The Bertz CT molecular complexity index is 501. The molecule has 13 heavy (non-hydrogen) atoms. The van der Waals surface area contributed by atoms with Crippen molar-refractivity contribution in [1.29, 1.82) is 5.26 Å². The Morgan fingerprint density at radius 2 is 2.08 bits per heavy atom. The average Bonchev–Trinajstić information content (AvgIpc) is 2.44. The topological polar surface area (TPSA) is 28.7 Å². The summed E-state index contributed by atoms with van der Waals surface area (Å²) in [5.74, 6) is 0. The van der Waals surface area contributed by atoms with Crippen LogP contribution in [0.15, 0.2) is 24.3 Å². The minimum Gasteiger partial charge on any atom is -0.335 e. The first-order valence-corrected chi connectivity index (χ1v) is 4.18. The maximum atomic E-state index is 8.82. The van der Waals surface area contributed by atoms with Crippen LogP contribution in [0.4, 0.5) is 0 Å². The van der Waals surface area contributed by atoms with E-state index in [0.717, 1.165) is 10.9 Å². The molecule has 2 nitrogen and oxygen atoms in total. The van der Waals surface area contributed by atoms with Gasteiger partial charge in [0, 0.05) is 18.0 Å². The maximum Gasteiger partial charge on any atom is 0.121 e. The number of hydrogen-bond acceptors (Lipinski definition) is 1. The number of aromatic nitrogens is 1.